The average molecular weight is 250 g/mol. The van der Waals surface area contributed by atoms with Gasteiger partial charge < -0.3 is 10.2 Å². The molecule has 1 rings (SSSR count). The average Bonchev–Trinajstić information content (AvgIpc) is 2.27. The third-order valence-electron chi connectivity index (χ3n) is 3.00. The minimum atomic E-state index is 0. The molecular formula is C15H26N2O. The maximum Gasteiger partial charge on any atom is 0.251 e. The van der Waals surface area contributed by atoms with Crippen LogP contribution in [0, 0.1) is 6.92 Å². The largest absolute Gasteiger partial charge is 0.351 e. The molecule has 1 N–H and O–H groups in total. The number of nitrogens with zero attached hydrogens (tertiary/aromatic N) is 1. The Morgan fingerprint density at radius 3 is 2.56 bits per heavy atom. The van der Waals surface area contributed by atoms with Crippen LogP contribution in [-0.2, 0) is 0 Å². The van der Waals surface area contributed by atoms with Crippen LogP contribution in [0.1, 0.15) is 42.7 Å². The lowest BCUT2D eigenvalue weighted by atomic mass is 9.96. The van der Waals surface area contributed by atoms with Gasteiger partial charge in [0.2, 0.25) is 0 Å². The van der Waals surface area contributed by atoms with Crippen molar-refractivity contribution >= 4 is 5.91 Å². The smallest absolute Gasteiger partial charge is 0.251 e. The molecule has 0 atom stereocenters. The molecule has 3 heteroatoms. The Bertz CT molecular complexity index is 417. The van der Waals surface area contributed by atoms with E-state index in [4.69, 9.17) is 0 Å². The molecule has 0 aliphatic heterocycles. The molecule has 0 aromatic heterocycles. The van der Waals surface area contributed by atoms with Gasteiger partial charge in [-0.15, -0.1) is 0 Å². The molecule has 0 saturated carbocycles. The van der Waals surface area contributed by atoms with E-state index in [-0.39, 0.29) is 7.33 Å². The van der Waals surface area contributed by atoms with Crippen LogP contribution in [0.2, 0.25) is 0 Å². The van der Waals surface area contributed by atoms with Crippen LogP contribution >= 0.6 is 0 Å². The minimum absolute atomic E-state index is 0. The number of rotatable bonds is 5. The molecule has 0 heterocycles. The molecule has 18 heavy (non-hydrogen) atoms. The lowest BCUT2D eigenvalue weighted by Gasteiger charge is -2.13. The zero-order valence-electron chi connectivity index (χ0n) is 12.1. The van der Waals surface area contributed by atoms with E-state index >= 15 is 0 Å². The predicted octanol–water partition coefficient (Wildman–Crippen LogP) is 2.66. The van der Waals surface area contributed by atoms with Crippen molar-refractivity contribution in [2.75, 3.05) is 27.2 Å². The SMILES string of the molecule is Cc1cc(C(=O)NCCN(C)C)ccc1C(C)C.[HH]. The van der Waals surface area contributed by atoms with Gasteiger partial charge in [0, 0.05) is 20.1 Å². The van der Waals surface area contributed by atoms with Gasteiger partial charge in [-0.1, -0.05) is 19.9 Å². The standard InChI is InChI=1S/C15H24N2O.H2/c1-11(2)14-7-6-13(10-12(14)3)15(18)16-8-9-17(4)5;/h6-7,10-11H,8-9H2,1-5H3,(H,16,18);1H. The van der Waals surface area contributed by atoms with E-state index in [1.165, 1.54) is 11.1 Å². The van der Waals surface area contributed by atoms with Crippen molar-refractivity contribution in [3.8, 4) is 0 Å². The summed E-state index contributed by atoms with van der Waals surface area (Å²) in [5, 5.41) is 2.93. The monoisotopic (exact) mass is 250 g/mol. The maximum atomic E-state index is 11.9. The van der Waals surface area contributed by atoms with Crippen LogP contribution < -0.4 is 5.32 Å². The van der Waals surface area contributed by atoms with Crippen LogP contribution in [0.25, 0.3) is 0 Å². The summed E-state index contributed by atoms with van der Waals surface area (Å²) < 4.78 is 0. The Labute approximate surface area is 112 Å². The fraction of sp³-hybridized carbons (Fsp3) is 0.533. The van der Waals surface area contributed by atoms with E-state index in [2.05, 4.69) is 32.2 Å². The summed E-state index contributed by atoms with van der Waals surface area (Å²) in [6.45, 7) is 7.93. The molecule has 3 nitrogen and oxygen atoms in total. The van der Waals surface area contributed by atoms with Gasteiger partial charge in [0.15, 0.2) is 0 Å². The van der Waals surface area contributed by atoms with Gasteiger partial charge in [0.25, 0.3) is 5.91 Å². The van der Waals surface area contributed by atoms with Crippen LogP contribution in [0.3, 0.4) is 0 Å². The van der Waals surface area contributed by atoms with Crippen molar-refractivity contribution in [3.63, 3.8) is 0 Å². The first kappa shape index (κ1) is 14.7. The van der Waals surface area contributed by atoms with Crippen molar-refractivity contribution in [3.05, 3.63) is 34.9 Å². The lowest BCUT2D eigenvalue weighted by molar-refractivity contribution is 0.0951. The number of likely N-dealkylation sites (N-methyl/N-ethyl adjacent to an activating group) is 1. The zero-order valence-corrected chi connectivity index (χ0v) is 12.1. The van der Waals surface area contributed by atoms with Crippen molar-refractivity contribution in [1.82, 2.24) is 10.2 Å². The van der Waals surface area contributed by atoms with Gasteiger partial charge >= 0.3 is 0 Å². The van der Waals surface area contributed by atoms with E-state index in [1.807, 2.05) is 31.1 Å². The van der Waals surface area contributed by atoms with Gasteiger partial charge in [0.05, 0.1) is 0 Å². The molecule has 0 aliphatic carbocycles. The number of carbonyl (C=O) groups is 1. The predicted molar refractivity (Wildman–Crippen MR) is 78.3 cm³/mol. The molecule has 1 aromatic carbocycles. The first-order chi connectivity index (χ1) is 8.41. The fourth-order valence-corrected chi connectivity index (χ4v) is 1.96. The van der Waals surface area contributed by atoms with E-state index < -0.39 is 0 Å². The Morgan fingerprint density at radius 2 is 2.06 bits per heavy atom. The molecule has 0 radical (unpaired) electrons. The summed E-state index contributed by atoms with van der Waals surface area (Å²) in [7, 11) is 3.99. The quantitative estimate of drug-likeness (QED) is 0.871. The third kappa shape index (κ3) is 4.15. The van der Waals surface area contributed by atoms with E-state index in [9.17, 15) is 4.79 Å². The first-order valence-corrected chi connectivity index (χ1v) is 6.45. The topological polar surface area (TPSA) is 32.3 Å². The molecule has 1 aromatic rings. The Hall–Kier alpha value is -1.35. The molecular weight excluding hydrogens is 224 g/mol. The summed E-state index contributed by atoms with van der Waals surface area (Å²) in [5.74, 6) is 0.506. The van der Waals surface area contributed by atoms with Crippen molar-refractivity contribution in [1.29, 1.82) is 0 Å². The minimum Gasteiger partial charge on any atom is -0.351 e. The number of aryl methyl sites for hydroxylation is 1. The normalized spacial score (nSPS) is 11.1. The maximum absolute atomic E-state index is 11.9. The van der Waals surface area contributed by atoms with Crippen LogP contribution in [0.5, 0.6) is 0 Å². The number of benzene rings is 1. The Kier molecular flexibility index (Phi) is 5.35. The fourth-order valence-electron chi connectivity index (χ4n) is 1.96. The number of nitrogens with one attached hydrogen (secondary N) is 1. The van der Waals surface area contributed by atoms with Gasteiger partial charge in [0.1, 0.15) is 0 Å². The molecule has 0 aliphatic rings. The summed E-state index contributed by atoms with van der Waals surface area (Å²) >= 11 is 0. The van der Waals surface area contributed by atoms with Crippen molar-refractivity contribution in [2.24, 2.45) is 0 Å². The first-order valence-electron chi connectivity index (χ1n) is 6.45. The van der Waals surface area contributed by atoms with Crippen LogP contribution in [0.15, 0.2) is 18.2 Å². The Morgan fingerprint density at radius 1 is 1.39 bits per heavy atom. The summed E-state index contributed by atoms with van der Waals surface area (Å²) in [4.78, 5) is 14.0. The Balaban J connectivity index is 0.00000324. The number of hydrogen-bond acceptors (Lipinski definition) is 2. The van der Waals surface area contributed by atoms with Gasteiger partial charge in [-0.05, 0) is 50.2 Å². The second-order valence-electron chi connectivity index (χ2n) is 5.29. The lowest BCUT2D eigenvalue weighted by Crippen LogP contribution is -2.31. The van der Waals surface area contributed by atoms with E-state index in [0.29, 0.717) is 12.5 Å². The van der Waals surface area contributed by atoms with Crippen molar-refractivity contribution in [2.45, 2.75) is 26.7 Å². The number of hydrogen-bond donors (Lipinski definition) is 1. The molecule has 0 fully saturated rings. The zero-order chi connectivity index (χ0) is 13.7. The van der Waals surface area contributed by atoms with Crippen LogP contribution in [-0.4, -0.2) is 38.0 Å². The van der Waals surface area contributed by atoms with Crippen LogP contribution in [0.4, 0.5) is 0 Å². The van der Waals surface area contributed by atoms with Gasteiger partial charge in [-0.3, -0.25) is 4.79 Å². The van der Waals surface area contributed by atoms with Crippen molar-refractivity contribution < 1.29 is 6.22 Å². The summed E-state index contributed by atoms with van der Waals surface area (Å²) in [6.07, 6.45) is 0. The summed E-state index contributed by atoms with van der Waals surface area (Å²) in [6, 6.07) is 5.94. The molecule has 102 valence electrons. The number of amides is 1. The van der Waals surface area contributed by atoms with E-state index in [1.54, 1.807) is 0 Å². The number of carbonyl (C=O) groups excluding carboxylic acids is 1. The molecule has 0 unspecified atom stereocenters. The van der Waals surface area contributed by atoms with Gasteiger partial charge in [-0.2, -0.15) is 0 Å². The van der Waals surface area contributed by atoms with Gasteiger partial charge in [-0.25, -0.2) is 0 Å². The van der Waals surface area contributed by atoms with E-state index in [0.717, 1.165) is 12.1 Å². The molecule has 0 saturated heterocycles. The highest BCUT2D eigenvalue weighted by molar-refractivity contribution is 5.94. The molecule has 0 bridgehead atoms. The molecule has 0 spiro atoms. The highest BCUT2D eigenvalue weighted by Gasteiger charge is 2.09. The third-order valence-corrected chi connectivity index (χ3v) is 3.00. The second kappa shape index (κ2) is 6.55. The highest BCUT2D eigenvalue weighted by atomic mass is 16.1. The summed E-state index contributed by atoms with van der Waals surface area (Å²) in [5.41, 5.74) is 3.24. The second-order valence-corrected chi connectivity index (χ2v) is 5.29. The highest BCUT2D eigenvalue weighted by Crippen LogP contribution is 2.19. The molecule has 1 amide bonds.